The molecule has 0 spiro atoms. The largest absolute Gasteiger partial charge is 0.493 e. The summed E-state index contributed by atoms with van der Waals surface area (Å²) in [4.78, 5) is 0. The van der Waals surface area contributed by atoms with E-state index in [4.69, 9.17) is 26.8 Å². The van der Waals surface area contributed by atoms with Crippen LogP contribution in [0.3, 0.4) is 0 Å². The molecular formula is C14H14ClNO2. The molecule has 4 heteroatoms. The maximum Gasteiger partial charge on any atom is 0.163 e. The van der Waals surface area contributed by atoms with Gasteiger partial charge >= 0.3 is 0 Å². The van der Waals surface area contributed by atoms with E-state index in [1.54, 1.807) is 25.3 Å². The van der Waals surface area contributed by atoms with Gasteiger partial charge in [-0.1, -0.05) is 23.7 Å². The minimum atomic E-state index is 0.441. The molecule has 0 saturated carbocycles. The third-order valence-electron chi connectivity index (χ3n) is 2.50. The van der Waals surface area contributed by atoms with Crippen LogP contribution in [0, 0.1) is 0 Å². The highest BCUT2D eigenvalue weighted by Gasteiger charge is 2.05. The van der Waals surface area contributed by atoms with Crippen molar-refractivity contribution >= 4 is 17.3 Å². The van der Waals surface area contributed by atoms with Gasteiger partial charge in [-0.2, -0.15) is 0 Å². The third kappa shape index (κ3) is 3.08. The first-order valence-corrected chi connectivity index (χ1v) is 5.87. The summed E-state index contributed by atoms with van der Waals surface area (Å²) in [6.45, 7) is 0.441. The highest BCUT2D eigenvalue weighted by molar-refractivity contribution is 6.30. The molecule has 94 valence electrons. The Morgan fingerprint density at radius 2 is 1.78 bits per heavy atom. The van der Waals surface area contributed by atoms with Crippen molar-refractivity contribution in [3.63, 3.8) is 0 Å². The topological polar surface area (TPSA) is 44.5 Å². The number of hydrogen-bond donors (Lipinski definition) is 1. The highest BCUT2D eigenvalue weighted by Crippen LogP contribution is 2.29. The molecule has 0 aliphatic heterocycles. The van der Waals surface area contributed by atoms with Crippen LogP contribution in [0.4, 0.5) is 5.69 Å². The van der Waals surface area contributed by atoms with Gasteiger partial charge in [0.1, 0.15) is 6.61 Å². The molecule has 0 atom stereocenters. The summed E-state index contributed by atoms with van der Waals surface area (Å²) in [5.74, 6) is 1.30. The average molecular weight is 264 g/mol. The number of nitrogens with two attached hydrogens (primary N) is 1. The van der Waals surface area contributed by atoms with Crippen LogP contribution >= 0.6 is 11.6 Å². The molecule has 2 N–H and O–H groups in total. The molecule has 0 saturated heterocycles. The van der Waals surface area contributed by atoms with E-state index in [2.05, 4.69) is 0 Å². The molecule has 0 bridgehead atoms. The second kappa shape index (κ2) is 5.65. The predicted octanol–water partition coefficient (Wildman–Crippen LogP) is 3.51. The minimum absolute atomic E-state index is 0.441. The number of anilines is 1. The van der Waals surface area contributed by atoms with E-state index in [0.29, 0.717) is 28.8 Å². The van der Waals surface area contributed by atoms with Crippen molar-refractivity contribution in [3.8, 4) is 11.5 Å². The number of nitrogen functional groups attached to an aromatic ring is 1. The van der Waals surface area contributed by atoms with Crippen molar-refractivity contribution in [2.24, 2.45) is 0 Å². The fraction of sp³-hybridized carbons (Fsp3) is 0.143. The molecule has 2 aromatic rings. The van der Waals surface area contributed by atoms with Gasteiger partial charge in [-0.25, -0.2) is 0 Å². The van der Waals surface area contributed by atoms with Crippen LogP contribution in [0.1, 0.15) is 5.56 Å². The standard InChI is InChI=1S/C14H14ClNO2/c1-17-13-7-6-12(16)8-14(13)18-9-10-2-4-11(15)5-3-10/h2-8H,9,16H2,1H3. The highest BCUT2D eigenvalue weighted by atomic mass is 35.5. The smallest absolute Gasteiger partial charge is 0.163 e. The Kier molecular flexibility index (Phi) is 3.95. The zero-order chi connectivity index (χ0) is 13.0. The fourth-order valence-corrected chi connectivity index (χ4v) is 1.67. The Balaban J connectivity index is 2.09. The van der Waals surface area contributed by atoms with Gasteiger partial charge in [0.25, 0.3) is 0 Å². The second-order valence-corrected chi connectivity index (χ2v) is 4.26. The molecule has 3 nitrogen and oxygen atoms in total. The average Bonchev–Trinajstić information content (AvgIpc) is 2.38. The van der Waals surface area contributed by atoms with Gasteiger partial charge in [0.15, 0.2) is 11.5 Å². The molecule has 0 amide bonds. The van der Waals surface area contributed by atoms with Crippen LogP contribution in [-0.4, -0.2) is 7.11 Å². The SMILES string of the molecule is COc1ccc(N)cc1OCc1ccc(Cl)cc1. The fourth-order valence-electron chi connectivity index (χ4n) is 1.55. The lowest BCUT2D eigenvalue weighted by Crippen LogP contribution is -1.98. The Labute approximate surface area is 111 Å². The Bertz CT molecular complexity index is 526. The lowest BCUT2D eigenvalue weighted by molar-refractivity contribution is 0.285. The Morgan fingerprint density at radius 3 is 2.44 bits per heavy atom. The number of halogens is 1. The predicted molar refractivity (Wildman–Crippen MR) is 73.2 cm³/mol. The summed E-state index contributed by atoms with van der Waals surface area (Å²) in [6, 6.07) is 12.8. The van der Waals surface area contributed by atoms with Gasteiger partial charge in [0.2, 0.25) is 0 Å². The zero-order valence-corrected chi connectivity index (χ0v) is 10.8. The summed E-state index contributed by atoms with van der Waals surface area (Å²) in [7, 11) is 1.60. The lowest BCUT2D eigenvalue weighted by Gasteiger charge is -2.11. The van der Waals surface area contributed by atoms with E-state index in [1.807, 2.05) is 24.3 Å². The maximum atomic E-state index is 5.82. The molecule has 18 heavy (non-hydrogen) atoms. The van der Waals surface area contributed by atoms with Gasteiger partial charge in [-0.3, -0.25) is 0 Å². The van der Waals surface area contributed by atoms with Gasteiger partial charge in [-0.05, 0) is 29.8 Å². The van der Waals surface area contributed by atoms with Gasteiger partial charge in [0.05, 0.1) is 7.11 Å². The van der Waals surface area contributed by atoms with Crippen molar-refractivity contribution in [3.05, 3.63) is 53.1 Å². The summed E-state index contributed by atoms with van der Waals surface area (Å²) in [5.41, 5.74) is 7.39. The number of ether oxygens (including phenoxy) is 2. The van der Waals surface area contributed by atoms with Crippen LogP contribution in [0.5, 0.6) is 11.5 Å². The number of benzene rings is 2. The maximum absolute atomic E-state index is 5.82. The van der Waals surface area contributed by atoms with Crippen LogP contribution in [-0.2, 0) is 6.61 Å². The molecule has 0 aliphatic rings. The summed E-state index contributed by atoms with van der Waals surface area (Å²) >= 11 is 5.82. The number of hydrogen-bond acceptors (Lipinski definition) is 3. The molecule has 2 aromatic carbocycles. The van der Waals surface area contributed by atoms with Crippen molar-refractivity contribution < 1.29 is 9.47 Å². The number of methoxy groups -OCH3 is 1. The zero-order valence-electron chi connectivity index (χ0n) is 10.0. The van der Waals surface area contributed by atoms with E-state index >= 15 is 0 Å². The minimum Gasteiger partial charge on any atom is -0.493 e. The third-order valence-corrected chi connectivity index (χ3v) is 2.75. The molecular weight excluding hydrogens is 250 g/mol. The lowest BCUT2D eigenvalue weighted by atomic mass is 10.2. The molecule has 0 unspecified atom stereocenters. The molecule has 0 radical (unpaired) electrons. The summed E-state index contributed by atoms with van der Waals surface area (Å²) in [5, 5.41) is 0.709. The Hall–Kier alpha value is -1.87. The van der Waals surface area contributed by atoms with Crippen LogP contribution in [0.25, 0.3) is 0 Å². The second-order valence-electron chi connectivity index (χ2n) is 3.83. The molecule has 0 aromatic heterocycles. The first kappa shape index (κ1) is 12.6. The molecule has 0 fully saturated rings. The summed E-state index contributed by atoms with van der Waals surface area (Å²) in [6.07, 6.45) is 0. The molecule has 0 heterocycles. The van der Waals surface area contributed by atoms with Crippen LogP contribution in [0.2, 0.25) is 5.02 Å². The Morgan fingerprint density at radius 1 is 1.06 bits per heavy atom. The first-order valence-electron chi connectivity index (χ1n) is 5.50. The molecule has 2 rings (SSSR count). The van der Waals surface area contributed by atoms with E-state index in [9.17, 15) is 0 Å². The van der Waals surface area contributed by atoms with E-state index in [1.165, 1.54) is 0 Å². The van der Waals surface area contributed by atoms with Gasteiger partial charge < -0.3 is 15.2 Å². The van der Waals surface area contributed by atoms with Crippen molar-refractivity contribution in [1.82, 2.24) is 0 Å². The van der Waals surface area contributed by atoms with E-state index in [0.717, 1.165) is 5.56 Å². The van der Waals surface area contributed by atoms with E-state index < -0.39 is 0 Å². The first-order chi connectivity index (χ1) is 8.69. The van der Waals surface area contributed by atoms with Crippen molar-refractivity contribution in [2.75, 3.05) is 12.8 Å². The monoisotopic (exact) mass is 263 g/mol. The number of rotatable bonds is 4. The quantitative estimate of drug-likeness (QED) is 0.859. The van der Waals surface area contributed by atoms with Gasteiger partial charge in [0, 0.05) is 16.8 Å². The van der Waals surface area contributed by atoms with Crippen LogP contribution < -0.4 is 15.2 Å². The normalized spacial score (nSPS) is 10.1. The molecule has 0 aliphatic carbocycles. The van der Waals surface area contributed by atoms with Crippen molar-refractivity contribution in [1.29, 1.82) is 0 Å². The van der Waals surface area contributed by atoms with E-state index in [-0.39, 0.29) is 0 Å². The summed E-state index contributed by atoms with van der Waals surface area (Å²) < 4.78 is 10.9. The van der Waals surface area contributed by atoms with Crippen LogP contribution in [0.15, 0.2) is 42.5 Å². The van der Waals surface area contributed by atoms with Crippen molar-refractivity contribution in [2.45, 2.75) is 6.61 Å². The van der Waals surface area contributed by atoms with Gasteiger partial charge in [-0.15, -0.1) is 0 Å².